The predicted molar refractivity (Wildman–Crippen MR) is 198 cm³/mol. The fourth-order valence-electron chi connectivity index (χ4n) is 7.75. The number of methoxy groups -OCH3 is 1. The third-order valence-electron chi connectivity index (χ3n) is 10.0. The van der Waals surface area contributed by atoms with Gasteiger partial charge in [-0.2, -0.15) is 9.97 Å². The Balaban J connectivity index is 0.000000280. The third kappa shape index (κ3) is 9.14. The molecule has 0 saturated carbocycles. The summed E-state index contributed by atoms with van der Waals surface area (Å²) in [5.74, 6) is 1.33. The largest absolute Gasteiger partial charge is 0.467 e. The van der Waals surface area contributed by atoms with E-state index in [2.05, 4.69) is 58.0 Å². The first-order valence-corrected chi connectivity index (χ1v) is 18.1. The van der Waals surface area contributed by atoms with Crippen LogP contribution in [0.15, 0.2) is 36.4 Å². The van der Waals surface area contributed by atoms with Crippen molar-refractivity contribution < 1.29 is 19.4 Å². The first-order valence-electron chi connectivity index (χ1n) is 17.7. The molecule has 1 unspecified atom stereocenters. The Morgan fingerprint density at radius 3 is 2.33 bits per heavy atom. The lowest BCUT2D eigenvalue weighted by Gasteiger charge is -2.42. The molecule has 2 bridgehead atoms. The number of aromatic nitrogens is 2. The Kier molecular flexibility index (Phi) is 12.3. The van der Waals surface area contributed by atoms with Gasteiger partial charge in [-0.25, -0.2) is 0 Å². The summed E-state index contributed by atoms with van der Waals surface area (Å²) in [5.41, 5.74) is 3.07. The molecular weight excluding hydrogens is 640 g/mol. The summed E-state index contributed by atoms with van der Waals surface area (Å²) in [6.45, 7) is 13.3. The molecular formula is C38H55ClN6O4. The summed E-state index contributed by atoms with van der Waals surface area (Å²) in [6, 6.07) is 13.8. The van der Waals surface area contributed by atoms with Gasteiger partial charge in [-0.15, -0.1) is 0 Å². The number of piperazine rings is 1. The van der Waals surface area contributed by atoms with Gasteiger partial charge in [0.1, 0.15) is 11.4 Å². The highest BCUT2D eigenvalue weighted by Gasteiger charge is 2.45. The van der Waals surface area contributed by atoms with Crippen molar-refractivity contribution in [3.8, 4) is 6.01 Å². The number of hydrogen-bond donors (Lipinski definition) is 1. The number of nitrogens with zero attached hydrogens (tertiary/aromatic N) is 6. The van der Waals surface area contributed by atoms with Gasteiger partial charge in [-0.05, 0) is 103 Å². The predicted octanol–water partition coefficient (Wildman–Crippen LogP) is 5.81. The maximum Gasteiger partial charge on any atom is 0.318 e. The van der Waals surface area contributed by atoms with E-state index in [9.17, 15) is 9.90 Å². The van der Waals surface area contributed by atoms with Crippen LogP contribution < -0.4 is 14.5 Å². The number of likely N-dealkylation sites (tertiary alicyclic amines) is 1. The van der Waals surface area contributed by atoms with Crippen LogP contribution >= 0.6 is 11.6 Å². The van der Waals surface area contributed by atoms with Crippen LogP contribution in [-0.2, 0) is 22.5 Å². The van der Waals surface area contributed by atoms with Crippen LogP contribution in [0.1, 0.15) is 64.6 Å². The molecule has 4 aliphatic heterocycles. The van der Waals surface area contributed by atoms with Crippen molar-refractivity contribution >= 4 is 39.8 Å². The van der Waals surface area contributed by atoms with E-state index in [0.29, 0.717) is 30.6 Å². The molecule has 0 spiro atoms. The first kappa shape index (κ1) is 37.1. The third-order valence-corrected chi connectivity index (χ3v) is 10.3. The van der Waals surface area contributed by atoms with E-state index in [1.54, 1.807) is 7.11 Å². The lowest BCUT2D eigenvalue weighted by Crippen LogP contribution is -2.53. The van der Waals surface area contributed by atoms with E-state index in [1.807, 2.05) is 32.9 Å². The highest BCUT2D eigenvalue weighted by atomic mass is 35.5. The van der Waals surface area contributed by atoms with Gasteiger partial charge < -0.3 is 29.3 Å². The highest BCUT2D eigenvalue weighted by Crippen LogP contribution is 2.40. The summed E-state index contributed by atoms with van der Waals surface area (Å²) >= 11 is 6.64. The zero-order valence-electron chi connectivity index (χ0n) is 30.4. The average molecular weight is 695 g/mol. The summed E-state index contributed by atoms with van der Waals surface area (Å²) in [4.78, 5) is 29.6. The molecule has 1 aromatic heterocycles. The van der Waals surface area contributed by atoms with Crippen molar-refractivity contribution in [1.29, 1.82) is 0 Å². The van der Waals surface area contributed by atoms with Crippen LogP contribution in [0.3, 0.4) is 0 Å². The molecule has 3 atom stereocenters. The van der Waals surface area contributed by atoms with Crippen LogP contribution in [0, 0.1) is 5.92 Å². The Labute approximate surface area is 297 Å². The Hall–Kier alpha value is -3.18. The van der Waals surface area contributed by atoms with Crippen LogP contribution in [0.5, 0.6) is 6.01 Å². The number of ether oxygens (including phenoxy) is 2. The van der Waals surface area contributed by atoms with Crippen molar-refractivity contribution in [2.24, 2.45) is 5.92 Å². The van der Waals surface area contributed by atoms with Crippen LogP contribution in [0.25, 0.3) is 10.8 Å². The molecule has 0 radical (unpaired) electrons. The van der Waals surface area contributed by atoms with Crippen molar-refractivity contribution in [3.05, 3.63) is 52.7 Å². The second-order valence-corrected chi connectivity index (χ2v) is 15.2. The van der Waals surface area contributed by atoms with Gasteiger partial charge in [0.05, 0.1) is 24.4 Å². The number of carbonyl (C=O) groups is 1. The minimum absolute atomic E-state index is 0.225. The molecule has 4 aliphatic rings. The number of carbonyl (C=O) groups excluding carboxylic acids is 1. The van der Waals surface area contributed by atoms with E-state index < -0.39 is 0 Å². The van der Waals surface area contributed by atoms with Crippen molar-refractivity contribution in [2.45, 2.75) is 84.0 Å². The SMILES string of the molecule is CC(=O)OC(C)(C)C.CN1CCCC1.COc1nc2c(c(N3C[C@H]4CC(CCO)[C@@H](C3)N4C)n1)CCN(c1cccc3cccc(Cl)c13)C2. The van der Waals surface area contributed by atoms with E-state index >= 15 is 0 Å². The molecule has 3 aromatic rings. The Morgan fingerprint density at radius 2 is 1.73 bits per heavy atom. The number of hydrogen-bond acceptors (Lipinski definition) is 10. The number of aliphatic hydroxyl groups is 1. The van der Waals surface area contributed by atoms with Gasteiger partial charge in [-0.3, -0.25) is 9.69 Å². The van der Waals surface area contributed by atoms with Gasteiger partial charge in [0.2, 0.25) is 0 Å². The first-order chi connectivity index (χ1) is 23.4. The molecule has 49 heavy (non-hydrogen) atoms. The van der Waals surface area contributed by atoms with Gasteiger partial charge in [0.15, 0.2) is 0 Å². The van der Waals surface area contributed by atoms with Gasteiger partial charge in [0.25, 0.3) is 0 Å². The van der Waals surface area contributed by atoms with Crippen molar-refractivity contribution in [1.82, 2.24) is 19.8 Å². The topological polar surface area (TPSA) is 94.5 Å². The molecule has 2 aromatic carbocycles. The number of benzene rings is 2. The molecule has 1 N–H and O–H groups in total. The number of anilines is 2. The molecule has 7 rings (SSSR count). The molecule has 268 valence electrons. The molecule has 3 fully saturated rings. The van der Waals surface area contributed by atoms with Crippen molar-refractivity contribution in [3.63, 3.8) is 0 Å². The molecule has 0 aliphatic carbocycles. The smallest absolute Gasteiger partial charge is 0.318 e. The maximum absolute atomic E-state index is 10.2. The summed E-state index contributed by atoms with van der Waals surface area (Å²) in [5, 5.41) is 12.6. The molecule has 3 saturated heterocycles. The lowest BCUT2D eigenvalue weighted by atomic mass is 9.96. The van der Waals surface area contributed by atoms with E-state index in [1.165, 1.54) is 38.4 Å². The van der Waals surface area contributed by atoms with Crippen LogP contribution in [-0.4, -0.2) is 109 Å². The molecule has 10 nitrogen and oxygen atoms in total. The number of rotatable bonds is 5. The Morgan fingerprint density at radius 1 is 1.02 bits per heavy atom. The number of likely N-dealkylation sites (N-methyl/N-ethyl adjacent to an activating group) is 1. The second-order valence-electron chi connectivity index (χ2n) is 14.8. The van der Waals surface area contributed by atoms with Gasteiger partial charge >= 0.3 is 12.0 Å². The summed E-state index contributed by atoms with van der Waals surface area (Å²) in [6.07, 6.45) is 5.70. The number of halogens is 1. The standard InChI is InChI=1S/C27H32ClN5O2.C6H12O2.C5H11N/c1-31-19-13-18(10-12-34)24(31)16-33(14-19)26-20-9-11-32(15-22(20)29-27(30-26)35-2)23-8-4-6-17-5-3-7-21(28)25(17)23;1-5(7)8-6(2,3)4;1-6-4-2-3-5-6/h3-8,18-19,24,34H,9-16H2,1-2H3;1-4H3;2-5H2,1H3/t18?,19-,24-;;/m1../s1. The second kappa shape index (κ2) is 16.2. The quantitative estimate of drug-likeness (QED) is 0.330. The number of aliphatic hydroxyl groups excluding tert-OH is 1. The zero-order valence-corrected chi connectivity index (χ0v) is 31.2. The van der Waals surface area contributed by atoms with Gasteiger partial charge in [-0.1, -0.05) is 35.9 Å². The monoisotopic (exact) mass is 694 g/mol. The number of esters is 1. The summed E-state index contributed by atoms with van der Waals surface area (Å²) < 4.78 is 10.4. The minimum atomic E-state index is -0.328. The van der Waals surface area contributed by atoms with Crippen LogP contribution in [0.2, 0.25) is 5.02 Å². The summed E-state index contributed by atoms with van der Waals surface area (Å²) in [7, 11) is 6.04. The van der Waals surface area contributed by atoms with Gasteiger partial charge in [0, 0.05) is 61.9 Å². The average Bonchev–Trinajstić information content (AvgIpc) is 3.59. The number of fused-ring (bicyclic) bond motifs is 4. The lowest BCUT2D eigenvalue weighted by molar-refractivity contribution is -0.151. The van der Waals surface area contributed by atoms with E-state index in [0.717, 1.165) is 71.9 Å². The molecule has 5 heterocycles. The zero-order chi connectivity index (χ0) is 35.3. The Bertz CT molecular complexity index is 1570. The van der Waals surface area contributed by atoms with E-state index in [-0.39, 0.29) is 18.2 Å². The normalized spacial score (nSPS) is 22.2. The fourth-order valence-corrected chi connectivity index (χ4v) is 8.03. The highest BCUT2D eigenvalue weighted by molar-refractivity contribution is 6.36. The molecule has 11 heteroatoms. The minimum Gasteiger partial charge on any atom is -0.467 e. The fraction of sp³-hybridized carbons (Fsp3) is 0.605. The maximum atomic E-state index is 10.2. The molecule has 0 amide bonds. The van der Waals surface area contributed by atoms with Crippen molar-refractivity contribution in [2.75, 3.05) is 70.3 Å². The van der Waals surface area contributed by atoms with Crippen LogP contribution in [0.4, 0.5) is 11.5 Å². The van der Waals surface area contributed by atoms with E-state index in [4.69, 9.17) is 31.0 Å².